The highest BCUT2D eigenvalue weighted by Gasteiger charge is 2.09. The Kier molecular flexibility index (Phi) is 4.63. The van der Waals surface area contributed by atoms with E-state index in [1.807, 2.05) is 18.2 Å². The van der Waals surface area contributed by atoms with Crippen molar-refractivity contribution in [1.29, 1.82) is 0 Å². The first kappa shape index (κ1) is 12.1. The molecule has 0 aromatic heterocycles. The van der Waals surface area contributed by atoms with E-state index >= 15 is 0 Å². The largest absolute Gasteiger partial charge is 0.491 e. The molecule has 0 bridgehead atoms. The molecule has 0 amide bonds. The number of hydrogen-bond donors (Lipinski definition) is 1. The van der Waals surface area contributed by atoms with Crippen LogP contribution in [0.1, 0.15) is 38.7 Å². The zero-order valence-corrected chi connectivity index (χ0v) is 9.73. The first-order valence-corrected chi connectivity index (χ1v) is 5.55. The SMILES string of the molecule is CC[C@H](C)c1ccccc1OC[C@H](C)O. The molecule has 0 aliphatic carbocycles. The number of benzene rings is 1. The highest BCUT2D eigenvalue weighted by molar-refractivity contribution is 5.35. The first-order chi connectivity index (χ1) is 7.15. The van der Waals surface area contributed by atoms with Gasteiger partial charge in [-0.2, -0.15) is 0 Å². The van der Waals surface area contributed by atoms with Crippen LogP contribution in [0.4, 0.5) is 0 Å². The quantitative estimate of drug-likeness (QED) is 0.806. The summed E-state index contributed by atoms with van der Waals surface area (Å²) in [4.78, 5) is 0. The van der Waals surface area contributed by atoms with Crippen molar-refractivity contribution < 1.29 is 9.84 Å². The molecule has 84 valence electrons. The lowest BCUT2D eigenvalue weighted by Crippen LogP contribution is -2.13. The van der Waals surface area contributed by atoms with E-state index in [1.54, 1.807) is 6.92 Å². The van der Waals surface area contributed by atoms with Crippen molar-refractivity contribution in [2.75, 3.05) is 6.61 Å². The summed E-state index contributed by atoms with van der Waals surface area (Å²) in [5, 5.41) is 9.18. The summed E-state index contributed by atoms with van der Waals surface area (Å²) in [7, 11) is 0. The Morgan fingerprint density at radius 1 is 1.27 bits per heavy atom. The Hall–Kier alpha value is -1.02. The smallest absolute Gasteiger partial charge is 0.122 e. The molecule has 2 heteroatoms. The molecule has 2 nitrogen and oxygen atoms in total. The fraction of sp³-hybridized carbons (Fsp3) is 0.538. The average molecular weight is 208 g/mol. The molecular weight excluding hydrogens is 188 g/mol. The maximum Gasteiger partial charge on any atom is 0.122 e. The minimum Gasteiger partial charge on any atom is -0.491 e. The Balaban J connectivity index is 2.77. The number of hydrogen-bond acceptors (Lipinski definition) is 2. The van der Waals surface area contributed by atoms with Gasteiger partial charge in [-0.3, -0.25) is 0 Å². The molecule has 15 heavy (non-hydrogen) atoms. The van der Waals surface area contributed by atoms with Gasteiger partial charge in [-0.25, -0.2) is 0 Å². The van der Waals surface area contributed by atoms with Gasteiger partial charge in [-0.1, -0.05) is 32.0 Å². The summed E-state index contributed by atoms with van der Waals surface area (Å²) in [5.74, 6) is 1.39. The van der Waals surface area contributed by atoms with Gasteiger partial charge in [0.05, 0.1) is 6.10 Å². The van der Waals surface area contributed by atoms with Gasteiger partial charge in [0, 0.05) is 0 Å². The third-order valence-electron chi connectivity index (χ3n) is 2.54. The highest BCUT2D eigenvalue weighted by Crippen LogP contribution is 2.28. The molecule has 0 saturated heterocycles. The molecule has 1 aromatic rings. The summed E-state index contributed by atoms with van der Waals surface area (Å²) in [6, 6.07) is 8.04. The van der Waals surface area contributed by atoms with Crippen molar-refractivity contribution in [3.05, 3.63) is 29.8 Å². The molecule has 0 heterocycles. The summed E-state index contributed by atoms with van der Waals surface area (Å²) in [5.41, 5.74) is 1.22. The third kappa shape index (κ3) is 3.56. The molecule has 1 N–H and O–H groups in total. The Labute approximate surface area is 91.9 Å². The number of aliphatic hydroxyl groups excluding tert-OH is 1. The molecule has 1 rings (SSSR count). The van der Waals surface area contributed by atoms with Crippen molar-refractivity contribution in [3.8, 4) is 5.75 Å². The molecule has 0 fully saturated rings. The standard InChI is InChI=1S/C13H20O2/c1-4-10(2)12-7-5-6-8-13(12)15-9-11(3)14/h5-8,10-11,14H,4,9H2,1-3H3/t10-,11-/m0/s1. The van der Waals surface area contributed by atoms with Crippen molar-refractivity contribution in [2.24, 2.45) is 0 Å². The Morgan fingerprint density at radius 3 is 2.53 bits per heavy atom. The van der Waals surface area contributed by atoms with E-state index in [1.165, 1.54) is 5.56 Å². The van der Waals surface area contributed by atoms with Crippen LogP contribution in [0.25, 0.3) is 0 Å². The van der Waals surface area contributed by atoms with E-state index in [4.69, 9.17) is 4.74 Å². The zero-order valence-electron chi connectivity index (χ0n) is 9.73. The molecule has 0 unspecified atom stereocenters. The van der Waals surface area contributed by atoms with Crippen molar-refractivity contribution >= 4 is 0 Å². The minimum atomic E-state index is -0.421. The summed E-state index contributed by atoms with van der Waals surface area (Å²) in [6.45, 7) is 6.43. The fourth-order valence-corrected chi connectivity index (χ4v) is 1.45. The second-order valence-corrected chi connectivity index (χ2v) is 4.01. The molecule has 0 aliphatic rings. The number of rotatable bonds is 5. The third-order valence-corrected chi connectivity index (χ3v) is 2.54. The van der Waals surface area contributed by atoms with Gasteiger partial charge < -0.3 is 9.84 Å². The van der Waals surface area contributed by atoms with Crippen molar-refractivity contribution in [2.45, 2.75) is 39.2 Å². The van der Waals surface area contributed by atoms with Crippen LogP contribution in [0.3, 0.4) is 0 Å². The van der Waals surface area contributed by atoms with Crippen LogP contribution in [0.2, 0.25) is 0 Å². The van der Waals surface area contributed by atoms with Crippen LogP contribution in [-0.4, -0.2) is 17.8 Å². The van der Waals surface area contributed by atoms with Gasteiger partial charge in [0.2, 0.25) is 0 Å². The predicted octanol–water partition coefficient (Wildman–Crippen LogP) is 2.96. The molecular formula is C13H20O2. The molecule has 0 radical (unpaired) electrons. The topological polar surface area (TPSA) is 29.5 Å². The van der Waals surface area contributed by atoms with E-state index in [0.29, 0.717) is 12.5 Å². The van der Waals surface area contributed by atoms with Crippen LogP contribution in [-0.2, 0) is 0 Å². The molecule has 2 atom stereocenters. The summed E-state index contributed by atoms with van der Waals surface area (Å²) in [6.07, 6.45) is 0.671. The van der Waals surface area contributed by atoms with E-state index in [9.17, 15) is 5.11 Å². The lowest BCUT2D eigenvalue weighted by atomic mass is 9.98. The Morgan fingerprint density at radius 2 is 1.93 bits per heavy atom. The summed E-state index contributed by atoms with van der Waals surface area (Å²) >= 11 is 0. The van der Waals surface area contributed by atoms with Crippen LogP contribution in [0, 0.1) is 0 Å². The van der Waals surface area contributed by atoms with Gasteiger partial charge in [0.25, 0.3) is 0 Å². The first-order valence-electron chi connectivity index (χ1n) is 5.55. The number of ether oxygens (including phenoxy) is 1. The van der Waals surface area contributed by atoms with Crippen molar-refractivity contribution in [1.82, 2.24) is 0 Å². The number of aliphatic hydroxyl groups is 1. The van der Waals surface area contributed by atoms with Gasteiger partial charge >= 0.3 is 0 Å². The van der Waals surface area contributed by atoms with E-state index in [-0.39, 0.29) is 0 Å². The van der Waals surface area contributed by atoms with E-state index < -0.39 is 6.10 Å². The summed E-state index contributed by atoms with van der Waals surface area (Å²) < 4.78 is 5.57. The normalized spacial score (nSPS) is 14.7. The number of para-hydroxylation sites is 1. The van der Waals surface area contributed by atoms with Crippen LogP contribution >= 0.6 is 0 Å². The zero-order chi connectivity index (χ0) is 11.3. The maximum absolute atomic E-state index is 9.18. The average Bonchev–Trinajstić information content (AvgIpc) is 2.25. The molecule has 0 spiro atoms. The predicted molar refractivity (Wildman–Crippen MR) is 62.3 cm³/mol. The fourth-order valence-electron chi connectivity index (χ4n) is 1.45. The molecule has 1 aromatic carbocycles. The van der Waals surface area contributed by atoms with Gasteiger partial charge in [0.15, 0.2) is 0 Å². The molecule has 0 saturated carbocycles. The van der Waals surface area contributed by atoms with E-state index in [2.05, 4.69) is 19.9 Å². The monoisotopic (exact) mass is 208 g/mol. The second kappa shape index (κ2) is 5.76. The lowest BCUT2D eigenvalue weighted by Gasteiger charge is -2.16. The van der Waals surface area contributed by atoms with Gasteiger partial charge in [-0.15, -0.1) is 0 Å². The highest BCUT2D eigenvalue weighted by atomic mass is 16.5. The van der Waals surface area contributed by atoms with Crippen molar-refractivity contribution in [3.63, 3.8) is 0 Å². The van der Waals surface area contributed by atoms with Gasteiger partial charge in [0.1, 0.15) is 12.4 Å². The minimum absolute atomic E-state index is 0.355. The van der Waals surface area contributed by atoms with Crippen LogP contribution in [0.15, 0.2) is 24.3 Å². The van der Waals surface area contributed by atoms with Crippen LogP contribution < -0.4 is 4.74 Å². The van der Waals surface area contributed by atoms with Crippen LogP contribution in [0.5, 0.6) is 5.75 Å². The van der Waals surface area contributed by atoms with Gasteiger partial charge in [-0.05, 0) is 30.9 Å². The molecule has 0 aliphatic heterocycles. The lowest BCUT2D eigenvalue weighted by molar-refractivity contribution is 0.122. The van der Waals surface area contributed by atoms with E-state index in [0.717, 1.165) is 12.2 Å². The Bertz CT molecular complexity index is 294. The maximum atomic E-state index is 9.18. The second-order valence-electron chi connectivity index (χ2n) is 4.01.